The summed E-state index contributed by atoms with van der Waals surface area (Å²) in [5.41, 5.74) is 2.95. The molecule has 0 aliphatic rings. The van der Waals surface area contributed by atoms with Gasteiger partial charge in [0.2, 0.25) is 5.91 Å². The second-order valence-corrected chi connectivity index (χ2v) is 6.36. The fourth-order valence-electron chi connectivity index (χ4n) is 1.82. The van der Waals surface area contributed by atoms with E-state index in [-0.39, 0.29) is 5.91 Å². The van der Waals surface area contributed by atoms with Crippen molar-refractivity contribution < 1.29 is 4.79 Å². The maximum absolute atomic E-state index is 11.9. The minimum atomic E-state index is -0.108. The maximum Gasteiger partial charge on any atom is 0.234 e. The van der Waals surface area contributed by atoms with Gasteiger partial charge in [0.1, 0.15) is 0 Å². The number of thioether (sulfide) groups is 1. The molecule has 0 aliphatic heterocycles. The van der Waals surface area contributed by atoms with Gasteiger partial charge in [-0.05, 0) is 30.2 Å². The van der Waals surface area contributed by atoms with Crippen molar-refractivity contribution in [2.45, 2.75) is 12.7 Å². The molecule has 0 aromatic heterocycles. The molecule has 0 aliphatic carbocycles. The highest BCUT2D eigenvalue weighted by atomic mass is 35.5. The van der Waals surface area contributed by atoms with E-state index in [2.05, 4.69) is 24.4 Å². The van der Waals surface area contributed by atoms with Crippen molar-refractivity contribution in [3.8, 4) is 0 Å². The Bertz CT molecular complexity index is 626. The lowest BCUT2D eigenvalue weighted by Crippen LogP contribution is -2.14. The van der Waals surface area contributed by atoms with Gasteiger partial charge in [0.15, 0.2) is 0 Å². The van der Waals surface area contributed by atoms with Crippen LogP contribution in [0.2, 0.25) is 10.0 Å². The molecule has 0 heterocycles. The van der Waals surface area contributed by atoms with E-state index in [1.165, 1.54) is 11.1 Å². The van der Waals surface area contributed by atoms with Crippen molar-refractivity contribution in [1.82, 2.24) is 0 Å². The number of amides is 1. The molecule has 0 spiro atoms. The highest BCUT2D eigenvalue weighted by molar-refractivity contribution is 7.99. The molecule has 0 saturated heterocycles. The van der Waals surface area contributed by atoms with E-state index in [0.717, 1.165) is 5.75 Å². The SMILES string of the molecule is Cc1ccccc1CSCC(=O)Nc1c(Cl)cccc1Cl. The summed E-state index contributed by atoms with van der Waals surface area (Å²) < 4.78 is 0. The van der Waals surface area contributed by atoms with Crippen molar-refractivity contribution >= 4 is 46.6 Å². The molecule has 1 amide bonds. The summed E-state index contributed by atoms with van der Waals surface area (Å²) >= 11 is 13.6. The molecule has 5 heteroatoms. The van der Waals surface area contributed by atoms with Crippen molar-refractivity contribution in [2.24, 2.45) is 0 Å². The van der Waals surface area contributed by atoms with Gasteiger partial charge >= 0.3 is 0 Å². The summed E-state index contributed by atoms with van der Waals surface area (Å²) in [7, 11) is 0. The van der Waals surface area contributed by atoms with Crippen LogP contribution in [-0.4, -0.2) is 11.7 Å². The summed E-state index contributed by atoms with van der Waals surface area (Å²) in [6, 6.07) is 13.3. The normalized spacial score (nSPS) is 10.4. The number of anilines is 1. The Kier molecular flexibility index (Phi) is 5.97. The second-order valence-electron chi connectivity index (χ2n) is 4.56. The van der Waals surface area contributed by atoms with E-state index in [0.29, 0.717) is 21.5 Å². The van der Waals surface area contributed by atoms with Crippen molar-refractivity contribution in [2.75, 3.05) is 11.1 Å². The minimum absolute atomic E-state index is 0.108. The number of hydrogen-bond acceptors (Lipinski definition) is 2. The molecule has 1 N–H and O–H groups in total. The van der Waals surface area contributed by atoms with Crippen molar-refractivity contribution in [3.05, 3.63) is 63.6 Å². The lowest BCUT2D eigenvalue weighted by molar-refractivity contribution is -0.113. The minimum Gasteiger partial charge on any atom is -0.323 e. The van der Waals surface area contributed by atoms with Crippen LogP contribution in [0.1, 0.15) is 11.1 Å². The predicted molar refractivity (Wildman–Crippen MR) is 92.4 cm³/mol. The first-order valence-electron chi connectivity index (χ1n) is 6.44. The molecule has 0 fully saturated rings. The molecular weight excluding hydrogens is 325 g/mol. The highest BCUT2D eigenvalue weighted by Crippen LogP contribution is 2.30. The lowest BCUT2D eigenvalue weighted by atomic mass is 10.1. The van der Waals surface area contributed by atoms with E-state index in [1.54, 1.807) is 30.0 Å². The van der Waals surface area contributed by atoms with E-state index in [1.807, 2.05) is 12.1 Å². The summed E-state index contributed by atoms with van der Waals surface area (Å²) in [6.07, 6.45) is 0. The zero-order valence-corrected chi connectivity index (χ0v) is 13.9. The van der Waals surface area contributed by atoms with Gasteiger partial charge in [-0.15, -0.1) is 11.8 Å². The zero-order chi connectivity index (χ0) is 15.2. The molecule has 0 radical (unpaired) electrons. The third kappa shape index (κ3) is 4.67. The average molecular weight is 340 g/mol. The number of benzene rings is 2. The van der Waals surface area contributed by atoms with Crippen LogP contribution in [-0.2, 0) is 10.5 Å². The first kappa shape index (κ1) is 16.2. The zero-order valence-electron chi connectivity index (χ0n) is 11.5. The van der Waals surface area contributed by atoms with Gasteiger partial charge in [0.05, 0.1) is 21.5 Å². The average Bonchev–Trinajstić information content (AvgIpc) is 2.45. The van der Waals surface area contributed by atoms with Gasteiger partial charge in [0, 0.05) is 5.75 Å². The first-order valence-corrected chi connectivity index (χ1v) is 8.35. The number of hydrogen-bond donors (Lipinski definition) is 1. The Morgan fingerprint density at radius 2 is 1.76 bits per heavy atom. The largest absolute Gasteiger partial charge is 0.323 e. The number of halogens is 2. The number of rotatable bonds is 5. The fraction of sp³-hybridized carbons (Fsp3) is 0.188. The third-order valence-electron chi connectivity index (χ3n) is 2.98. The van der Waals surface area contributed by atoms with Crippen LogP contribution in [0.3, 0.4) is 0 Å². The molecule has 2 nitrogen and oxygen atoms in total. The Balaban J connectivity index is 1.87. The Morgan fingerprint density at radius 1 is 1.10 bits per heavy atom. The van der Waals surface area contributed by atoms with Crippen LogP contribution in [0.15, 0.2) is 42.5 Å². The molecular formula is C16H15Cl2NOS. The molecule has 0 saturated carbocycles. The number of carbonyl (C=O) groups excluding carboxylic acids is 1. The molecule has 2 aromatic rings. The van der Waals surface area contributed by atoms with Crippen LogP contribution in [0, 0.1) is 6.92 Å². The lowest BCUT2D eigenvalue weighted by Gasteiger charge is -2.09. The van der Waals surface area contributed by atoms with Gasteiger partial charge in [-0.2, -0.15) is 0 Å². The van der Waals surface area contributed by atoms with Crippen LogP contribution < -0.4 is 5.32 Å². The van der Waals surface area contributed by atoms with E-state index >= 15 is 0 Å². The maximum atomic E-state index is 11.9. The Morgan fingerprint density at radius 3 is 2.43 bits per heavy atom. The van der Waals surface area contributed by atoms with Gasteiger partial charge in [-0.25, -0.2) is 0 Å². The van der Waals surface area contributed by atoms with E-state index in [4.69, 9.17) is 23.2 Å². The smallest absolute Gasteiger partial charge is 0.234 e. The summed E-state index contributed by atoms with van der Waals surface area (Å²) in [6.45, 7) is 2.07. The van der Waals surface area contributed by atoms with Gasteiger partial charge in [0.25, 0.3) is 0 Å². The molecule has 110 valence electrons. The van der Waals surface area contributed by atoms with Crippen LogP contribution in [0.4, 0.5) is 5.69 Å². The molecule has 2 rings (SSSR count). The first-order chi connectivity index (χ1) is 10.1. The fourth-order valence-corrected chi connectivity index (χ4v) is 3.21. The molecule has 0 bridgehead atoms. The monoisotopic (exact) mass is 339 g/mol. The van der Waals surface area contributed by atoms with E-state index in [9.17, 15) is 4.79 Å². The Labute approximate surface area is 138 Å². The third-order valence-corrected chi connectivity index (χ3v) is 4.59. The molecule has 2 aromatic carbocycles. The van der Waals surface area contributed by atoms with Gasteiger partial charge in [-0.1, -0.05) is 53.5 Å². The molecule has 21 heavy (non-hydrogen) atoms. The molecule has 0 unspecified atom stereocenters. The summed E-state index contributed by atoms with van der Waals surface area (Å²) in [4.78, 5) is 11.9. The van der Waals surface area contributed by atoms with Crippen LogP contribution in [0.5, 0.6) is 0 Å². The van der Waals surface area contributed by atoms with Crippen molar-refractivity contribution in [3.63, 3.8) is 0 Å². The predicted octanol–water partition coefficient (Wildman–Crippen LogP) is 5.17. The topological polar surface area (TPSA) is 29.1 Å². The van der Waals surface area contributed by atoms with Crippen LogP contribution >= 0.6 is 35.0 Å². The standard InChI is InChI=1S/C16H15Cl2NOS/c1-11-5-2-3-6-12(11)9-21-10-15(20)19-16-13(17)7-4-8-14(16)18/h2-8H,9-10H2,1H3,(H,19,20). The summed E-state index contributed by atoms with van der Waals surface area (Å²) in [5, 5.41) is 3.64. The van der Waals surface area contributed by atoms with Crippen molar-refractivity contribution in [1.29, 1.82) is 0 Å². The van der Waals surface area contributed by atoms with Gasteiger partial charge in [-0.3, -0.25) is 4.79 Å². The van der Waals surface area contributed by atoms with Gasteiger partial charge < -0.3 is 5.32 Å². The molecule has 0 atom stereocenters. The quantitative estimate of drug-likeness (QED) is 0.813. The Hall–Kier alpha value is -1.16. The van der Waals surface area contributed by atoms with Crippen LogP contribution in [0.25, 0.3) is 0 Å². The number of carbonyl (C=O) groups is 1. The summed E-state index contributed by atoms with van der Waals surface area (Å²) in [5.74, 6) is 1.05. The number of para-hydroxylation sites is 1. The van der Waals surface area contributed by atoms with E-state index < -0.39 is 0 Å². The highest BCUT2D eigenvalue weighted by Gasteiger charge is 2.09. The second kappa shape index (κ2) is 7.74. The number of aryl methyl sites for hydroxylation is 1. The number of nitrogens with one attached hydrogen (secondary N) is 1.